The molecule has 128 valence electrons. The number of hydrogen-bond donors (Lipinski definition) is 2. The average Bonchev–Trinajstić information content (AvgIpc) is 2.63. The summed E-state index contributed by atoms with van der Waals surface area (Å²) in [6, 6.07) is 17.4. The maximum absolute atomic E-state index is 5.74. The van der Waals surface area contributed by atoms with Crippen molar-refractivity contribution in [2.24, 2.45) is 0 Å². The van der Waals surface area contributed by atoms with Crippen LogP contribution in [0.1, 0.15) is 0 Å². The van der Waals surface area contributed by atoms with E-state index in [9.17, 15) is 0 Å². The quantitative estimate of drug-likeness (QED) is 0.507. The lowest BCUT2D eigenvalue weighted by Gasteiger charge is -2.19. The Bertz CT molecular complexity index is 841. The first kappa shape index (κ1) is 17.1. The third-order valence-electron chi connectivity index (χ3n) is 3.53. The summed E-state index contributed by atoms with van der Waals surface area (Å²) in [4.78, 5) is 11.8. The highest BCUT2D eigenvalue weighted by molar-refractivity contribution is 7.94. The van der Waals surface area contributed by atoms with Crippen LogP contribution in [0.4, 0.5) is 28.8 Å². The van der Waals surface area contributed by atoms with Gasteiger partial charge in [-0.1, -0.05) is 6.07 Å². The van der Waals surface area contributed by atoms with Gasteiger partial charge in [0.1, 0.15) is 5.82 Å². The molecule has 0 radical (unpaired) electrons. The van der Waals surface area contributed by atoms with Crippen molar-refractivity contribution in [3.8, 4) is 0 Å². The van der Waals surface area contributed by atoms with Crippen molar-refractivity contribution in [2.75, 3.05) is 30.1 Å². The van der Waals surface area contributed by atoms with E-state index in [1.807, 2.05) is 66.5 Å². The van der Waals surface area contributed by atoms with Crippen molar-refractivity contribution >= 4 is 40.9 Å². The van der Waals surface area contributed by atoms with Crippen molar-refractivity contribution < 1.29 is 4.18 Å². The fourth-order valence-corrected chi connectivity index (χ4v) is 2.78. The Morgan fingerprint density at radius 1 is 1.12 bits per heavy atom. The number of nitrogens with zero attached hydrogens (tertiary/aromatic N) is 3. The number of nitrogens with two attached hydrogens (primary N) is 1. The van der Waals surface area contributed by atoms with E-state index in [0.29, 0.717) is 5.95 Å². The van der Waals surface area contributed by atoms with E-state index in [2.05, 4.69) is 15.3 Å². The van der Waals surface area contributed by atoms with Crippen LogP contribution in [0.5, 0.6) is 0 Å². The van der Waals surface area contributed by atoms with Gasteiger partial charge in [0.2, 0.25) is 5.95 Å². The number of nitrogens with one attached hydrogen (secondary N) is 1. The van der Waals surface area contributed by atoms with Crippen molar-refractivity contribution in [3.05, 3.63) is 60.8 Å². The molecule has 3 N–H and O–H groups in total. The zero-order valence-corrected chi connectivity index (χ0v) is 14.8. The van der Waals surface area contributed by atoms with Gasteiger partial charge >= 0.3 is 0 Å². The largest absolute Gasteiger partial charge is 0.399 e. The first-order chi connectivity index (χ1) is 12.2. The van der Waals surface area contributed by atoms with E-state index in [-0.39, 0.29) is 0 Å². The average molecular weight is 353 g/mol. The monoisotopic (exact) mass is 353 g/mol. The van der Waals surface area contributed by atoms with Crippen LogP contribution in [0.2, 0.25) is 0 Å². The third kappa shape index (κ3) is 4.40. The molecule has 1 aromatic heterocycles. The van der Waals surface area contributed by atoms with Gasteiger partial charge in [0.05, 0.1) is 7.11 Å². The van der Waals surface area contributed by atoms with E-state index in [1.165, 1.54) is 12.0 Å². The summed E-state index contributed by atoms with van der Waals surface area (Å²) in [6.07, 6.45) is 1.73. The van der Waals surface area contributed by atoms with Gasteiger partial charge in [0.15, 0.2) is 0 Å². The Labute approximate surface area is 151 Å². The molecule has 0 bridgehead atoms. The third-order valence-corrected chi connectivity index (χ3v) is 4.15. The number of hydrogen-bond acceptors (Lipinski definition) is 7. The highest BCUT2D eigenvalue weighted by Gasteiger charge is 2.07. The van der Waals surface area contributed by atoms with Gasteiger partial charge in [-0.15, -0.1) is 0 Å². The Hall–Kier alpha value is -2.77. The maximum atomic E-state index is 5.74. The molecule has 7 heteroatoms. The van der Waals surface area contributed by atoms with E-state index in [1.54, 1.807) is 13.3 Å². The zero-order valence-electron chi connectivity index (χ0n) is 14.0. The van der Waals surface area contributed by atoms with Gasteiger partial charge < -0.3 is 20.1 Å². The Morgan fingerprint density at radius 2 is 1.92 bits per heavy atom. The van der Waals surface area contributed by atoms with Crippen LogP contribution in [0.15, 0.2) is 65.7 Å². The summed E-state index contributed by atoms with van der Waals surface area (Å²) in [5.41, 5.74) is 8.37. The molecule has 3 aromatic rings. The topological polar surface area (TPSA) is 76.3 Å². The van der Waals surface area contributed by atoms with Crippen LogP contribution in [-0.4, -0.2) is 24.1 Å². The highest BCUT2D eigenvalue weighted by atomic mass is 32.2. The molecule has 0 aliphatic heterocycles. The van der Waals surface area contributed by atoms with E-state index in [0.717, 1.165) is 27.8 Å². The molecule has 0 fully saturated rings. The second kappa shape index (κ2) is 7.87. The van der Waals surface area contributed by atoms with Crippen LogP contribution in [0, 0.1) is 0 Å². The lowest BCUT2D eigenvalue weighted by molar-refractivity contribution is 0.490. The summed E-state index contributed by atoms with van der Waals surface area (Å²) in [6.45, 7) is 0. The van der Waals surface area contributed by atoms with Crippen molar-refractivity contribution in [2.45, 2.75) is 4.90 Å². The number of aromatic nitrogens is 2. The second-order valence-electron chi connectivity index (χ2n) is 5.29. The molecule has 0 amide bonds. The maximum Gasteiger partial charge on any atom is 0.229 e. The minimum absolute atomic E-state index is 0.527. The fourth-order valence-electron chi connectivity index (χ4n) is 2.28. The number of benzene rings is 2. The molecule has 0 atom stereocenters. The first-order valence-corrected chi connectivity index (χ1v) is 8.40. The lowest BCUT2D eigenvalue weighted by Crippen LogP contribution is -2.12. The molecule has 0 aliphatic carbocycles. The van der Waals surface area contributed by atoms with Crippen molar-refractivity contribution in [1.82, 2.24) is 9.97 Å². The smallest absolute Gasteiger partial charge is 0.229 e. The Morgan fingerprint density at radius 3 is 2.68 bits per heavy atom. The molecule has 0 saturated heterocycles. The summed E-state index contributed by atoms with van der Waals surface area (Å²) < 4.78 is 5.08. The standard InChI is InChI=1S/C18H19N5OS/c1-23(15-8-6-13(19)7-9-15)17-10-11-20-18(22-17)21-14-4-3-5-16(12-14)25-24-2/h3-12H,19H2,1-2H3,(H,20,21,22). The predicted molar refractivity (Wildman–Crippen MR) is 104 cm³/mol. The van der Waals surface area contributed by atoms with Crippen molar-refractivity contribution in [3.63, 3.8) is 0 Å². The molecule has 0 saturated carbocycles. The van der Waals surface area contributed by atoms with E-state index >= 15 is 0 Å². The first-order valence-electron chi connectivity index (χ1n) is 7.66. The van der Waals surface area contributed by atoms with Crippen LogP contribution in [0.25, 0.3) is 0 Å². The number of anilines is 5. The van der Waals surface area contributed by atoms with Gasteiger partial charge in [0.25, 0.3) is 0 Å². The lowest BCUT2D eigenvalue weighted by atomic mass is 10.2. The molecule has 2 aromatic carbocycles. The molecule has 0 unspecified atom stereocenters. The molecule has 0 aliphatic rings. The zero-order chi connectivity index (χ0) is 17.6. The molecular formula is C18H19N5OS. The number of rotatable bonds is 6. The summed E-state index contributed by atoms with van der Waals surface area (Å²) in [7, 11) is 3.60. The Balaban J connectivity index is 1.79. The predicted octanol–water partition coefficient (Wildman–Crippen LogP) is 4.22. The van der Waals surface area contributed by atoms with Crippen LogP contribution >= 0.6 is 12.0 Å². The molecule has 6 nitrogen and oxygen atoms in total. The Kier molecular flexibility index (Phi) is 5.37. The number of nitrogen functional groups attached to an aromatic ring is 1. The van der Waals surface area contributed by atoms with Gasteiger partial charge in [-0.3, -0.25) is 0 Å². The van der Waals surface area contributed by atoms with Crippen LogP contribution in [-0.2, 0) is 4.18 Å². The van der Waals surface area contributed by atoms with Gasteiger partial charge in [-0.2, -0.15) is 4.98 Å². The van der Waals surface area contributed by atoms with Crippen LogP contribution < -0.4 is 16.0 Å². The highest BCUT2D eigenvalue weighted by Crippen LogP contribution is 2.25. The normalized spacial score (nSPS) is 10.5. The minimum Gasteiger partial charge on any atom is -0.399 e. The summed E-state index contributed by atoms with van der Waals surface area (Å²) >= 11 is 1.31. The molecular weight excluding hydrogens is 334 g/mol. The second-order valence-corrected chi connectivity index (χ2v) is 6.26. The van der Waals surface area contributed by atoms with Gasteiger partial charge in [-0.05, 0) is 48.5 Å². The fraction of sp³-hybridized carbons (Fsp3) is 0.111. The van der Waals surface area contributed by atoms with E-state index < -0.39 is 0 Å². The van der Waals surface area contributed by atoms with Crippen LogP contribution in [0.3, 0.4) is 0 Å². The van der Waals surface area contributed by atoms with Crippen molar-refractivity contribution in [1.29, 1.82) is 0 Å². The van der Waals surface area contributed by atoms with Gasteiger partial charge in [0, 0.05) is 47.2 Å². The molecule has 3 rings (SSSR count). The van der Waals surface area contributed by atoms with E-state index in [4.69, 9.17) is 9.92 Å². The van der Waals surface area contributed by atoms with Gasteiger partial charge in [-0.25, -0.2) is 4.98 Å². The molecule has 1 heterocycles. The summed E-state index contributed by atoms with van der Waals surface area (Å²) in [5, 5.41) is 3.22. The SMILES string of the molecule is COSc1cccc(Nc2nccc(N(C)c3ccc(N)cc3)n2)c1. The minimum atomic E-state index is 0.527. The molecule has 25 heavy (non-hydrogen) atoms. The summed E-state index contributed by atoms with van der Waals surface area (Å²) in [5.74, 6) is 1.31. The molecule has 0 spiro atoms.